The predicted molar refractivity (Wildman–Crippen MR) is 99.9 cm³/mol. The van der Waals surface area contributed by atoms with E-state index in [4.69, 9.17) is 4.98 Å². The monoisotopic (exact) mass is 336 g/mol. The zero-order valence-corrected chi connectivity index (χ0v) is 14.9. The molecule has 0 bridgehead atoms. The van der Waals surface area contributed by atoms with Crippen LogP contribution in [-0.4, -0.2) is 20.6 Å². The van der Waals surface area contributed by atoms with Crippen molar-refractivity contribution in [1.29, 1.82) is 0 Å². The second kappa shape index (κ2) is 7.09. The van der Waals surface area contributed by atoms with E-state index in [2.05, 4.69) is 45.0 Å². The van der Waals surface area contributed by atoms with E-state index in [0.717, 1.165) is 28.8 Å². The number of aromatic nitrogens is 2. The highest BCUT2D eigenvalue weighted by atomic mass is 16.4. The van der Waals surface area contributed by atoms with Gasteiger partial charge in [-0.3, -0.25) is 4.79 Å². The van der Waals surface area contributed by atoms with Crippen molar-refractivity contribution >= 4 is 17.0 Å². The van der Waals surface area contributed by atoms with Crippen LogP contribution in [-0.2, 0) is 17.8 Å². The molecule has 130 valence electrons. The van der Waals surface area contributed by atoms with Crippen molar-refractivity contribution in [2.24, 2.45) is 5.92 Å². The van der Waals surface area contributed by atoms with Crippen molar-refractivity contribution in [3.8, 4) is 0 Å². The largest absolute Gasteiger partial charge is 0.480 e. The molecule has 0 aliphatic rings. The minimum absolute atomic E-state index is 0.0276. The van der Waals surface area contributed by atoms with E-state index >= 15 is 0 Å². The standard InChI is InChI=1S/C21H24N2O2/c1-14(2)12-16-8-10-17(11-9-16)15(3)21-22-18-6-4-5-7-19(18)23(21)13-20(24)25/h4-11,14-15H,12-13H2,1-3H3,(H,24,25). The summed E-state index contributed by atoms with van der Waals surface area (Å²) >= 11 is 0. The van der Waals surface area contributed by atoms with Crippen LogP contribution in [0, 0.1) is 5.92 Å². The van der Waals surface area contributed by atoms with E-state index in [1.807, 2.05) is 28.8 Å². The Morgan fingerprint density at radius 2 is 1.76 bits per heavy atom. The van der Waals surface area contributed by atoms with Gasteiger partial charge in [-0.05, 0) is 35.6 Å². The smallest absolute Gasteiger partial charge is 0.323 e. The lowest BCUT2D eigenvalue weighted by Crippen LogP contribution is -2.14. The Labute approximate surface area is 148 Å². The number of carboxylic acid groups (broad SMARTS) is 1. The van der Waals surface area contributed by atoms with Gasteiger partial charge in [0, 0.05) is 5.92 Å². The highest BCUT2D eigenvalue weighted by Gasteiger charge is 2.19. The lowest BCUT2D eigenvalue weighted by atomic mass is 9.96. The van der Waals surface area contributed by atoms with Gasteiger partial charge in [0.1, 0.15) is 12.4 Å². The van der Waals surface area contributed by atoms with Gasteiger partial charge in [-0.15, -0.1) is 0 Å². The number of carbonyl (C=O) groups is 1. The Balaban J connectivity index is 1.98. The van der Waals surface area contributed by atoms with Crippen LogP contribution in [0.2, 0.25) is 0 Å². The van der Waals surface area contributed by atoms with Crippen molar-refractivity contribution in [3.05, 3.63) is 65.5 Å². The first kappa shape index (κ1) is 17.2. The molecule has 0 saturated heterocycles. The maximum Gasteiger partial charge on any atom is 0.323 e. The summed E-state index contributed by atoms with van der Waals surface area (Å²) in [6.45, 7) is 6.43. The number of fused-ring (bicyclic) bond motifs is 1. The highest BCUT2D eigenvalue weighted by Crippen LogP contribution is 2.27. The number of nitrogens with zero attached hydrogens (tertiary/aromatic N) is 2. The van der Waals surface area contributed by atoms with Crippen molar-refractivity contribution in [1.82, 2.24) is 9.55 Å². The third kappa shape index (κ3) is 3.73. The first-order valence-electron chi connectivity index (χ1n) is 8.71. The first-order chi connectivity index (χ1) is 12.0. The van der Waals surface area contributed by atoms with E-state index in [1.54, 1.807) is 0 Å². The van der Waals surface area contributed by atoms with Crippen LogP contribution in [0.15, 0.2) is 48.5 Å². The van der Waals surface area contributed by atoms with Gasteiger partial charge in [0.05, 0.1) is 11.0 Å². The summed E-state index contributed by atoms with van der Waals surface area (Å²) in [5.41, 5.74) is 4.17. The average Bonchev–Trinajstić information content (AvgIpc) is 2.92. The molecule has 1 atom stereocenters. The fraction of sp³-hybridized carbons (Fsp3) is 0.333. The summed E-state index contributed by atoms with van der Waals surface area (Å²) in [4.78, 5) is 16.0. The molecule has 0 aliphatic heterocycles. The van der Waals surface area contributed by atoms with Crippen LogP contribution in [0.25, 0.3) is 11.0 Å². The number of imidazole rings is 1. The summed E-state index contributed by atoms with van der Waals surface area (Å²) < 4.78 is 1.81. The SMILES string of the molecule is CC(C)Cc1ccc(C(C)c2nc3ccccc3n2CC(=O)O)cc1. The van der Waals surface area contributed by atoms with E-state index in [0.29, 0.717) is 5.92 Å². The third-order valence-corrected chi connectivity index (χ3v) is 4.49. The third-order valence-electron chi connectivity index (χ3n) is 4.49. The molecule has 0 aliphatic carbocycles. The molecule has 1 aromatic heterocycles. The number of aliphatic carboxylic acids is 1. The van der Waals surface area contributed by atoms with Crippen LogP contribution in [0.3, 0.4) is 0 Å². The van der Waals surface area contributed by atoms with Crippen molar-refractivity contribution < 1.29 is 9.90 Å². The summed E-state index contributed by atoms with van der Waals surface area (Å²) in [6.07, 6.45) is 1.06. The van der Waals surface area contributed by atoms with E-state index in [-0.39, 0.29) is 12.5 Å². The molecule has 3 rings (SSSR count). The summed E-state index contributed by atoms with van der Waals surface area (Å²) in [5, 5.41) is 9.29. The predicted octanol–water partition coefficient (Wildman–Crippen LogP) is 4.47. The zero-order valence-electron chi connectivity index (χ0n) is 14.9. The second-order valence-electron chi connectivity index (χ2n) is 7.00. The maximum atomic E-state index is 11.3. The molecule has 2 aromatic carbocycles. The number of benzene rings is 2. The molecule has 1 unspecified atom stereocenters. The Hall–Kier alpha value is -2.62. The lowest BCUT2D eigenvalue weighted by Gasteiger charge is -2.15. The van der Waals surface area contributed by atoms with Gasteiger partial charge < -0.3 is 9.67 Å². The van der Waals surface area contributed by atoms with E-state index in [1.165, 1.54) is 5.56 Å². The molecule has 0 saturated carbocycles. The summed E-state index contributed by atoms with van der Waals surface area (Å²) in [5.74, 6) is 0.590. The van der Waals surface area contributed by atoms with E-state index < -0.39 is 5.97 Å². The molecule has 0 radical (unpaired) electrons. The fourth-order valence-electron chi connectivity index (χ4n) is 3.29. The second-order valence-corrected chi connectivity index (χ2v) is 7.00. The number of hydrogen-bond donors (Lipinski definition) is 1. The normalized spacial score (nSPS) is 12.6. The molecular formula is C21H24N2O2. The van der Waals surface area contributed by atoms with Gasteiger partial charge >= 0.3 is 5.97 Å². The lowest BCUT2D eigenvalue weighted by molar-refractivity contribution is -0.137. The van der Waals surface area contributed by atoms with Gasteiger partial charge in [-0.25, -0.2) is 4.98 Å². The quantitative estimate of drug-likeness (QED) is 0.722. The molecule has 0 spiro atoms. The molecule has 4 nitrogen and oxygen atoms in total. The van der Waals surface area contributed by atoms with Gasteiger partial charge in [0.2, 0.25) is 0 Å². The van der Waals surface area contributed by atoms with Crippen LogP contribution < -0.4 is 0 Å². The Morgan fingerprint density at radius 1 is 1.08 bits per heavy atom. The van der Waals surface area contributed by atoms with Crippen LogP contribution in [0.1, 0.15) is 43.6 Å². The number of rotatable bonds is 6. The summed E-state index contributed by atoms with van der Waals surface area (Å²) in [6, 6.07) is 16.3. The average molecular weight is 336 g/mol. The summed E-state index contributed by atoms with van der Waals surface area (Å²) in [7, 11) is 0. The Morgan fingerprint density at radius 3 is 2.40 bits per heavy atom. The number of hydrogen-bond acceptors (Lipinski definition) is 2. The molecule has 1 N–H and O–H groups in total. The van der Waals surface area contributed by atoms with Crippen LogP contribution in [0.4, 0.5) is 0 Å². The van der Waals surface area contributed by atoms with Crippen molar-refractivity contribution in [2.75, 3.05) is 0 Å². The molecule has 25 heavy (non-hydrogen) atoms. The molecule has 0 fully saturated rings. The molecule has 3 aromatic rings. The fourth-order valence-corrected chi connectivity index (χ4v) is 3.29. The van der Waals surface area contributed by atoms with Gasteiger partial charge in [-0.1, -0.05) is 57.2 Å². The van der Waals surface area contributed by atoms with E-state index in [9.17, 15) is 9.90 Å². The Kier molecular flexibility index (Phi) is 4.88. The minimum Gasteiger partial charge on any atom is -0.480 e. The van der Waals surface area contributed by atoms with Crippen molar-refractivity contribution in [3.63, 3.8) is 0 Å². The first-order valence-corrected chi connectivity index (χ1v) is 8.71. The molecular weight excluding hydrogens is 312 g/mol. The van der Waals surface area contributed by atoms with Crippen LogP contribution >= 0.6 is 0 Å². The molecule has 0 amide bonds. The zero-order chi connectivity index (χ0) is 18.0. The van der Waals surface area contributed by atoms with Gasteiger partial charge in [0.25, 0.3) is 0 Å². The number of carboxylic acids is 1. The molecule has 1 heterocycles. The van der Waals surface area contributed by atoms with Crippen molar-refractivity contribution in [2.45, 2.75) is 39.7 Å². The number of para-hydroxylation sites is 2. The molecule has 4 heteroatoms. The highest BCUT2D eigenvalue weighted by molar-refractivity contribution is 5.78. The maximum absolute atomic E-state index is 11.3. The van der Waals surface area contributed by atoms with Crippen LogP contribution in [0.5, 0.6) is 0 Å². The minimum atomic E-state index is -0.858. The Bertz CT molecular complexity index is 879. The van der Waals surface area contributed by atoms with Gasteiger partial charge in [0.15, 0.2) is 0 Å². The van der Waals surface area contributed by atoms with Gasteiger partial charge in [-0.2, -0.15) is 0 Å². The topological polar surface area (TPSA) is 55.1 Å².